The van der Waals surface area contributed by atoms with E-state index in [0.717, 1.165) is 16.1 Å². The molecule has 0 aliphatic carbocycles. The van der Waals surface area contributed by atoms with Gasteiger partial charge in [0.2, 0.25) is 5.91 Å². The Hall–Kier alpha value is -2.57. The number of imide groups is 1. The third-order valence-corrected chi connectivity index (χ3v) is 2.90. The molecule has 1 heterocycles. The van der Waals surface area contributed by atoms with Crippen LogP contribution in [0.5, 0.6) is 5.75 Å². The van der Waals surface area contributed by atoms with Crippen molar-refractivity contribution in [3.05, 3.63) is 29.3 Å². The fourth-order valence-electron chi connectivity index (χ4n) is 1.67. The molecule has 0 saturated carbocycles. The predicted molar refractivity (Wildman–Crippen MR) is 69.8 cm³/mol. The minimum absolute atomic E-state index is 0.186. The lowest BCUT2D eigenvalue weighted by molar-refractivity contribution is -0.127. The van der Waals surface area contributed by atoms with Gasteiger partial charge in [0.1, 0.15) is 12.3 Å². The topological polar surface area (TPSA) is 87.7 Å². The van der Waals surface area contributed by atoms with E-state index in [1.165, 1.54) is 0 Å². The second-order valence-electron chi connectivity index (χ2n) is 4.51. The highest BCUT2D eigenvalue weighted by molar-refractivity contribution is 6.02. The number of rotatable bonds is 4. The highest BCUT2D eigenvalue weighted by atomic mass is 16.5. The van der Waals surface area contributed by atoms with Crippen molar-refractivity contribution in [2.45, 2.75) is 13.8 Å². The summed E-state index contributed by atoms with van der Waals surface area (Å²) < 4.78 is 5.32. The van der Waals surface area contributed by atoms with Crippen LogP contribution in [0.15, 0.2) is 18.2 Å². The first kappa shape index (κ1) is 13.9. The minimum atomic E-state index is -0.644. The Morgan fingerprint density at radius 1 is 1.35 bits per heavy atom. The summed E-state index contributed by atoms with van der Waals surface area (Å²) in [7, 11) is 0. The van der Waals surface area contributed by atoms with Gasteiger partial charge in [-0.25, -0.2) is 9.80 Å². The zero-order chi connectivity index (χ0) is 14.7. The fourth-order valence-corrected chi connectivity index (χ4v) is 1.67. The second kappa shape index (κ2) is 5.60. The lowest BCUT2D eigenvalue weighted by atomic mass is 10.1. The van der Waals surface area contributed by atoms with Gasteiger partial charge in [0, 0.05) is 0 Å². The molecule has 1 aromatic rings. The quantitative estimate of drug-likeness (QED) is 0.773. The molecule has 1 fully saturated rings. The number of amides is 4. The number of benzene rings is 1. The van der Waals surface area contributed by atoms with Crippen molar-refractivity contribution >= 4 is 17.8 Å². The SMILES string of the molecule is Cc1ccc(OCC(=O)NN2CC(=O)NC2=O)cc1C. The largest absolute Gasteiger partial charge is 0.484 e. The molecule has 20 heavy (non-hydrogen) atoms. The number of aryl methyl sites for hydroxylation is 2. The molecule has 0 aromatic heterocycles. The van der Waals surface area contributed by atoms with E-state index >= 15 is 0 Å². The number of nitrogens with zero attached hydrogens (tertiary/aromatic N) is 1. The fraction of sp³-hybridized carbons (Fsp3) is 0.308. The maximum absolute atomic E-state index is 11.6. The van der Waals surface area contributed by atoms with Gasteiger partial charge < -0.3 is 4.74 Å². The molecular formula is C13H15N3O4. The molecule has 1 saturated heterocycles. The number of ether oxygens (including phenoxy) is 1. The minimum Gasteiger partial charge on any atom is -0.484 e. The van der Waals surface area contributed by atoms with Crippen molar-refractivity contribution in [2.24, 2.45) is 0 Å². The average molecular weight is 277 g/mol. The molecule has 7 nitrogen and oxygen atoms in total. The van der Waals surface area contributed by atoms with Gasteiger partial charge in [0.05, 0.1) is 0 Å². The Morgan fingerprint density at radius 2 is 2.10 bits per heavy atom. The molecule has 0 atom stereocenters. The number of hydrazine groups is 1. The molecule has 2 rings (SSSR count). The van der Waals surface area contributed by atoms with E-state index in [2.05, 4.69) is 10.7 Å². The second-order valence-corrected chi connectivity index (χ2v) is 4.51. The Morgan fingerprint density at radius 3 is 2.70 bits per heavy atom. The Balaban J connectivity index is 1.84. The van der Waals surface area contributed by atoms with Crippen molar-refractivity contribution in [1.82, 2.24) is 15.8 Å². The summed E-state index contributed by atoms with van der Waals surface area (Å²) in [4.78, 5) is 33.8. The van der Waals surface area contributed by atoms with Crippen LogP contribution < -0.4 is 15.5 Å². The van der Waals surface area contributed by atoms with Gasteiger partial charge in [-0.3, -0.25) is 20.3 Å². The summed E-state index contributed by atoms with van der Waals surface area (Å²) in [6.45, 7) is 3.51. The zero-order valence-electron chi connectivity index (χ0n) is 11.2. The monoisotopic (exact) mass is 277 g/mol. The van der Waals surface area contributed by atoms with E-state index < -0.39 is 17.8 Å². The standard InChI is InChI=1S/C13H15N3O4/c1-8-3-4-10(5-9(8)2)20-7-12(18)15-16-6-11(17)14-13(16)19/h3-5H,6-7H2,1-2H3,(H,15,18)(H,14,17,19). The van der Waals surface area contributed by atoms with Crippen LogP contribution >= 0.6 is 0 Å². The van der Waals surface area contributed by atoms with E-state index in [9.17, 15) is 14.4 Å². The van der Waals surface area contributed by atoms with E-state index in [0.29, 0.717) is 5.75 Å². The molecular weight excluding hydrogens is 262 g/mol. The summed E-state index contributed by atoms with van der Waals surface area (Å²) in [5.41, 5.74) is 4.49. The first-order chi connectivity index (χ1) is 9.45. The molecule has 0 radical (unpaired) electrons. The Kier molecular flexibility index (Phi) is 3.88. The summed E-state index contributed by atoms with van der Waals surface area (Å²) in [6, 6.07) is 4.85. The Labute approximate surface area is 115 Å². The van der Waals surface area contributed by atoms with Crippen LogP contribution in [0.3, 0.4) is 0 Å². The molecule has 0 spiro atoms. The molecule has 2 N–H and O–H groups in total. The number of hydrogen-bond donors (Lipinski definition) is 2. The van der Waals surface area contributed by atoms with Gasteiger partial charge in [-0.05, 0) is 37.1 Å². The number of carbonyl (C=O) groups excluding carboxylic acids is 3. The number of hydrogen-bond acceptors (Lipinski definition) is 4. The first-order valence-electron chi connectivity index (χ1n) is 6.06. The van der Waals surface area contributed by atoms with E-state index in [4.69, 9.17) is 4.74 Å². The lowest BCUT2D eigenvalue weighted by Crippen LogP contribution is -2.46. The zero-order valence-corrected chi connectivity index (χ0v) is 11.2. The average Bonchev–Trinajstić information content (AvgIpc) is 2.69. The molecule has 1 aromatic carbocycles. The van der Waals surface area contributed by atoms with Crippen LogP contribution in [0, 0.1) is 13.8 Å². The molecule has 0 unspecified atom stereocenters. The maximum Gasteiger partial charge on any atom is 0.343 e. The molecule has 4 amide bonds. The van der Waals surface area contributed by atoms with Crippen LogP contribution in [0.2, 0.25) is 0 Å². The lowest BCUT2D eigenvalue weighted by Gasteiger charge is -2.15. The van der Waals surface area contributed by atoms with Gasteiger partial charge in [0.25, 0.3) is 5.91 Å². The van der Waals surface area contributed by atoms with E-state index in [1.807, 2.05) is 26.0 Å². The van der Waals surface area contributed by atoms with Gasteiger partial charge in [-0.1, -0.05) is 6.07 Å². The van der Waals surface area contributed by atoms with Gasteiger partial charge in [-0.15, -0.1) is 0 Å². The summed E-state index contributed by atoms with van der Waals surface area (Å²) >= 11 is 0. The summed E-state index contributed by atoms with van der Waals surface area (Å²) in [6.07, 6.45) is 0. The molecule has 106 valence electrons. The van der Waals surface area contributed by atoms with E-state index in [1.54, 1.807) is 6.07 Å². The molecule has 0 bridgehead atoms. The van der Waals surface area contributed by atoms with Gasteiger partial charge in [0.15, 0.2) is 6.61 Å². The summed E-state index contributed by atoms with van der Waals surface area (Å²) in [5, 5.41) is 2.96. The molecule has 1 aliphatic heterocycles. The molecule has 7 heteroatoms. The van der Waals surface area contributed by atoms with Crippen LogP contribution in [-0.4, -0.2) is 36.0 Å². The van der Waals surface area contributed by atoms with Crippen LogP contribution in [0.4, 0.5) is 4.79 Å². The number of carbonyl (C=O) groups is 3. The number of nitrogens with one attached hydrogen (secondary N) is 2. The third kappa shape index (κ3) is 3.25. The van der Waals surface area contributed by atoms with Crippen molar-refractivity contribution in [2.75, 3.05) is 13.2 Å². The van der Waals surface area contributed by atoms with Crippen molar-refractivity contribution < 1.29 is 19.1 Å². The highest BCUT2D eigenvalue weighted by Gasteiger charge is 2.28. The molecule has 1 aliphatic rings. The first-order valence-corrected chi connectivity index (χ1v) is 6.06. The van der Waals surface area contributed by atoms with Crippen LogP contribution in [-0.2, 0) is 9.59 Å². The van der Waals surface area contributed by atoms with Gasteiger partial charge in [-0.2, -0.15) is 0 Å². The highest BCUT2D eigenvalue weighted by Crippen LogP contribution is 2.16. The Bertz CT molecular complexity index is 571. The smallest absolute Gasteiger partial charge is 0.343 e. The van der Waals surface area contributed by atoms with Crippen molar-refractivity contribution in [1.29, 1.82) is 0 Å². The van der Waals surface area contributed by atoms with E-state index in [-0.39, 0.29) is 13.2 Å². The third-order valence-electron chi connectivity index (χ3n) is 2.90. The predicted octanol–water partition coefficient (Wildman–Crippen LogP) is 0.265. The van der Waals surface area contributed by atoms with Crippen LogP contribution in [0.1, 0.15) is 11.1 Å². The van der Waals surface area contributed by atoms with Crippen molar-refractivity contribution in [3.8, 4) is 5.75 Å². The van der Waals surface area contributed by atoms with Gasteiger partial charge >= 0.3 is 6.03 Å². The normalized spacial score (nSPS) is 14.2. The van der Waals surface area contributed by atoms with Crippen LogP contribution in [0.25, 0.3) is 0 Å². The maximum atomic E-state index is 11.6. The van der Waals surface area contributed by atoms with Crippen molar-refractivity contribution in [3.63, 3.8) is 0 Å². The summed E-state index contributed by atoms with van der Waals surface area (Å²) in [5.74, 6) is -0.386. The number of urea groups is 1.